The Bertz CT molecular complexity index is 2440. The molecule has 0 spiro atoms. The van der Waals surface area contributed by atoms with Crippen LogP contribution in [0.4, 0.5) is 0 Å². The Morgan fingerprint density at radius 1 is 1.07 bits per heavy atom. The highest BCUT2D eigenvalue weighted by Crippen LogP contribution is 2.36. The Kier molecular flexibility index (Phi) is 11.5. The molecule has 0 radical (unpaired) electrons. The van der Waals surface area contributed by atoms with Crippen molar-refractivity contribution in [3.63, 3.8) is 0 Å². The summed E-state index contributed by atoms with van der Waals surface area (Å²) in [5.74, 6) is -0.409. The first-order chi connectivity index (χ1) is 28.4. The molecule has 0 bridgehead atoms. The predicted molar refractivity (Wildman–Crippen MR) is 224 cm³/mol. The number of likely N-dealkylation sites (tertiary alicyclic amines) is 2. The van der Waals surface area contributed by atoms with Gasteiger partial charge in [-0.1, -0.05) is 50.2 Å². The van der Waals surface area contributed by atoms with Gasteiger partial charge in [0.15, 0.2) is 11.4 Å². The molecule has 2 fully saturated rings. The molecule has 2 saturated heterocycles. The van der Waals surface area contributed by atoms with E-state index in [1.54, 1.807) is 29.5 Å². The minimum Gasteiger partial charge on any atom is -0.507 e. The zero-order valence-electron chi connectivity index (χ0n) is 33.9. The van der Waals surface area contributed by atoms with Gasteiger partial charge in [0.2, 0.25) is 11.8 Å². The molecular formula is C44H50N8O6S. The lowest BCUT2D eigenvalue weighted by Gasteiger charge is -2.29. The number of aromatic hydroxyl groups is 1. The molecule has 0 aliphatic carbocycles. The summed E-state index contributed by atoms with van der Waals surface area (Å²) in [4.78, 5) is 40.6. The molecule has 14 nitrogen and oxygen atoms in total. The number of carbonyl (C=O) groups is 2. The second-order valence-electron chi connectivity index (χ2n) is 16.1. The van der Waals surface area contributed by atoms with Gasteiger partial charge in [-0.3, -0.25) is 14.5 Å². The van der Waals surface area contributed by atoms with Crippen LogP contribution in [0.1, 0.15) is 79.8 Å². The number of benzene rings is 2. The molecule has 2 aromatic carbocycles. The topological polar surface area (TPSA) is 183 Å². The number of aliphatic hydroxyl groups is 1. The summed E-state index contributed by atoms with van der Waals surface area (Å²) < 4.78 is 11.7. The van der Waals surface area contributed by atoms with Crippen LogP contribution in [0.5, 0.6) is 11.6 Å². The van der Waals surface area contributed by atoms with E-state index in [2.05, 4.69) is 42.5 Å². The van der Waals surface area contributed by atoms with Crippen LogP contribution in [-0.4, -0.2) is 102 Å². The molecule has 2 amide bonds. The number of nitrogens with one attached hydrogen (secondary N) is 2. The maximum atomic E-state index is 14.2. The average Bonchev–Trinajstić information content (AvgIpc) is 4.08. The number of H-pyrrole nitrogens is 1. The van der Waals surface area contributed by atoms with E-state index in [9.17, 15) is 19.8 Å². The second-order valence-corrected chi connectivity index (χ2v) is 17.0. The van der Waals surface area contributed by atoms with Gasteiger partial charge in [0.1, 0.15) is 24.3 Å². The normalized spacial score (nSPS) is 19.4. The van der Waals surface area contributed by atoms with Gasteiger partial charge >= 0.3 is 0 Å². The summed E-state index contributed by atoms with van der Waals surface area (Å²) >= 11 is 1.59. The number of aromatic nitrogens is 5. The van der Waals surface area contributed by atoms with Crippen LogP contribution in [0.25, 0.3) is 32.7 Å². The number of aromatic amines is 1. The first-order valence-electron chi connectivity index (χ1n) is 20.2. The number of ether oxygens (including phenoxy) is 1. The van der Waals surface area contributed by atoms with Crippen molar-refractivity contribution in [2.75, 3.05) is 32.8 Å². The van der Waals surface area contributed by atoms with Crippen molar-refractivity contribution in [2.24, 2.45) is 5.92 Å². The molecule has 6 heterocycles. The van der Waals surface area contributed by atoms with Gasteiger partial charge in [0.25, 0.3) is 5.88 Å². The van der Waals surface area contributed by atoms with E-state index in [0.29, 0.717) is 36.0 Å². The monoisotopic (exact) mass is 818 g/mol. The number of aryl methyl sites for hydroxylation is 2. The molecule has 0 unspecified atom stereocenters. The van der Waals surface area contributed by atoms with E-state index in [1.807, 2.05) is 75.7 Å². The number of β-amino-alcohol motifs (C(OH)–C–C–N with tert-alkyl or cyclic N) is 1. The third kappa shape index (κ3) is 8.32. The minimum absolute atomic E-state index is 0.0520. The van der Waals surface area contributed by atoms with Crippen molar-refractivity contribution in [1.29, 1.82) is 0 Å². The number of para-hydroxylation sites is 1. The third-order valence-electron chi connectivity index (χ3n) is 11.8. The molecule has 4 N–H and O–H groups in total. The standard InChI is InChI=1S/C44H50N8O6S/c1-24(2)39(44(56)52-22-31(53)18-35(52)43(55)46-26(4)28-10-12-29(13-11-28)41-27(5)45-23-59-41)37-20-38(50-58-37)57-17-16-51-15-14-30(21-51)40-25(3)33-19-34(48-49-42(33)47-40)32-8-6-7-9-36(32)54/h6-13,19-20,23-24,26,30-31,35,39,53-54H,14-18,21-22H2,1-5H3,(H,46,55)(H,47,49)/t26-,30+,31+,35-,39+/m0/s1. The van der Waals surface area contributed by atoms with E-state index in [1.165, 1.54) is 4.90 Å². The third-order valence-corrected chi connectivity index (χ3v) is 12.7. The van der Waals surface area contributed by atoms with E-state index in [4.69, 9.17) is 9.26 Å². The maximum Gasteiger partial charge on any atom is 0.254 e. The van der Waals surface area contributed by atoms with E-state index < -0.39 is 18.1 Å². The molecule has 308 valence electrons. The van der Waals surface area contributed by atoms with Gasteiger partial charge in [0, 0.05) is 54.7 Å². The number of thiazole rings is 1. The summed E-state index contributed by atoms with van der Waals surface area (Å²) in [6.45, 7) is 12.7. The number of nitrogens with zero attached hydrogens (tertiary/aromatic N) is 6. The van der Waals surface area contributed by atoms with Gasteiger partial charge in [-0.15, -0.1) is 21.5 Å². The number of amides is 2. The molecule has 2 aliphatic rings. The fourth-order valence-electron chi connectivity index (χ4n) is 8.52. The SMILES string of the molecule is Cc1ncsc1-c1ccc([C@H](C)NC(=O)[C@@H]2C[C@@H](O)CN2C(=O)[C@@H](c2cc(OCCN3CC[C@@H](c4[nH]c5nnc(-c6ccccc6O)cc5c4C)C3)no2)C(C)C)cc1. The number of hydrogen-bond donors (Lipinski definition) is 4. The highest BCUT2D eigenvalue weighted by molar-refractivity contribution is 7.13. The van der Waals surface area contributed by atoms with Crippen LogP contribution >= 0.6 is 11.3 Å². The lowest BCUT2D eigenvalue weighted by atomic mass is 9.91. The molecule has 0 saturated carbocycles. The average molecular weight is 819 g/mol. The lowest BCUT2D eigenvalue weighted by molar-refractivity contribution is -0.141. The van der Waals surface area contributed by atoms with Gasteiger partial charge < -0.3 is 34.7 Å². The van der Waals surface area contributed by atoms with Crippen LogP contribution in [0.3, 0.4) is 0 Å². The van der Waals surface area contributed by atoms with Crippen LogP contribution in [-0.2, 0) is 9.59 Å². The van der Waals surface area contributed by atoms with Crippen LogP contribution in [0.15, 0.2) is 70.7 Å². The zero-order chi connectivity index (χ0) is 41.4. The Hall–Kier alpha value is -5.64. The van der Waals surface area contributed by atoms with Crippen LogP contribution < -0.4 is 10.1 Å². The Labute approximate surface area is 346 Å². The van der Waals surface area contributed by atoms with E-state index in [-0.39, 0.29) is 48.4 Å². The number of carbonyl (C=O) groups excluding carboxylic acids is 2. The fourth-order valence-corrected chi connectivity index (χ4v) is 9.33. The summed E-state index contributed by atoms with van der Waals surface area (Å²) in [6, 6.07) is 17.7. The van der Waals surface area contributed by atoms with E-state index >= 15 is 0 Å². The van der Waals surface area contributed by atoms with Crippen molar-refractivity contribution in [2.45, 2.75) is 77.5 Å². The first kappa shape index (κ1) is 40.2. The van der Waals surface area contributed by atoms with Crippen molar-refractivity contribution < 1.29 is 29.1 Å². The molecule has 59 heavy (non-hydrogen) atoms. The number of aliphatic hydroxyl groups excluding tert-OH is 1. The number of phenols is 1. The Morgan fingerprint density at radius 2 is 1.86 bits per heavy atom. The Morgan fingerprint density at radius 3 is 2.61 bits per heavy atom. The summed E-state index contributed by atoms with van der Waals surface area (Å²) in [5, 5.41) is 38.0. The highest BCUT2D eigenvalue weighted by atomic mass is 32.1. The molecular weight excluding hydrogens is 769 g/mol. The Balaban J connectivity index is 0.859. The summed E-state index contributed by atoms with van der Waals surface area (Å²) in [5.41, 5.74) is 9.09. The zero-order valence-corrected chi connectivity index (χ0v) is 34.7. The second kappa shape index (κ2) is 16.9. The first-order valence-corrected chi connectivity index (χ1v) is 21.1. The smallest absolute Gasteiger partial charge is 0.254 e. The van der Waals surface area contributed by atoms with Crippen LogP contribution in [0.2, 0.25) is 0 Å². The predicted octanol–water partition coefficient (Wildman–Crippen LogP) is 6.51. The van der Waals surface area contributed by atoms with Crippen molar-refractivity contribution in [1.82, 2.24) is 40.4 Å². The maximum absolute atomic E-state index is 14.2. The number of hydrogen-bond acceptors (Lipinski definition) is 12. The molecule has 4 aromatic heterocycles. The molecule has 15 heteroatoms. The number of fused-ring (bicyclic) bond motifs is 1. The molecule has 6 aromatic rings. The van der Waals surface area contributed by atoms with Gasteiger partial charge in [0.05, 0.1) is 33.9 Å². The molecule has 2 aliphatic heterocycles. The van der Waals surface area contributed by atoms with Gasteiger partial charge in [-0.25, -0.2) is 4.98 Å². The summed E-state index contributed by atoms with van der Waals surface area (Å²) in [6.07, 6.45) is 0.300. The summed E-state index contributed by atoms with van der Waals surface area (Å²) in [7, 11) is 0. The van der Waals surface area contributed by atoms with Crippen molar-refractivity contribution >= 4 is 34.2 Å². The van der Waals surface area contributed by atoms with Gasteiger partial charge in [-0.2, -0.15) is 0 Å². The fraction of sp³-hybridized carbons (Fsp3) is 0.409. The van der Waals surface area contributed by atoms with Gasteiger partial charge in [-0.05, 0) is 79.7 Å². The number of rotatable bonds is 13. The minimum atomic E-state index is -0.828. The highest BCUT2D eigenvalue weighted by Gasteiger charge is 2.43. The molecule has 5 atom stereocenters. The van der Waals surface area contributed by atoms with Crippen molar-refractivity contribution in [3.05, 3.63) is 94.4 Å². The van der Waals surface area contributed by atoms with E-state index in [0.717, 1.165) is 63.5 Å². The molecule has 8 rings (SSSR count). The quantitative estimate of drug-likeness (QED) is 0.0998. The number of phenolic OH excluding ortho intramolecular Hbond substituents is 1. The largest absolute Gasteiger partial charge is 0.507 e. The van der Waals surface area contributed by atoms with Crippen LogP contribution in [0, 0.1) is 19.8 Å². The van der Waals surface area contributed by atoms with Crippen molar-refractivity contribution in [3.8, 4) is 33.3 Å². The lowest BCUT2D eigenvalue weighted by Crippen LogP contribution is -2.48.